The maximum absolute atomic E-state index is 12.4. The van der Waals surface area contributed by atoms with Crippen molar-refractivity contribution >= 4 is 5.91 Å². The van der Waals surface area contributed by atoms with E-state index in [1.54, 1.807) is 12.4 Å². The van der Waals surface area contributed by atoms with Crippen LogP contribution in [0.25, 0.3) is 0 Å². The third-order valence-electron chi connectivity index (χ3n) is 5.97. The number of hydrogen-bond acceptors (Lipinski definition) is 7. The fourth-order valence-corrected chi connectivity index (χ4v) is 4.14. The Balaban J connectivity index is 1.37. The summed E-state index contributed by atoms with van der Waals surface area (Å²) in [4.78, 5) is 25.5. The first-order chi connectivity index (χ1) is 13.0. The van der Waals surface area contributed by atoms with Crippen molar-refractivity contribution in [3.63, 3.8) is 0 Å². The molecule has 2 saturated heterocycles. The molecule has 27 heavy (non-hydrogen) atoms. The van der Waals surface area contributed by atoms with Crippen LogP contribution in [0.3, 0.4) is 0 Å². The van der Waals surface area contributed by atoms with Crippen molar-refractivity contribution in [3.05, 3.63) is 35.2 Å². The molecule has 1 spiro atoms. The molecule has 2 aliphatic heterocycles. The van der Waals surface area contributed by atoms with Crippen LogP contribution >= 0.6 is 0 Å². The van der Waals surface area contributed by atoms with Gasteiger partial charge in [0.2, 0.25) is 5.91 Å². The van der Waals surface area contributed by atoms with E-state index >= 15 is 0 Å². The second-order valence-corrected chi connectivity index (χ2v) is 7.97. The van der Waals surface area contributed by atoms with Gasteiger partial charge in [0, 0.05) is 25.7 Å². The number of hydrogen-bond donors (Lipinski definition) is 0. The summed E-state index contributed by atoms with van der Waals surface area (Å²) in [6, 6.07) is 0. The van der Waals surface area contributed by atoms with Gasteiger partial charge < -0.3 is 4.90 Å². The minimum Gasteiger partial charge on any atom is -0.336 e. The molecule has 0 radical (unpaired) electrons. The number of piperidine rings is 2. The highest BCUT2D eigenvalue weighted by atomic mass is 16.6. The second-order valence-electron chi connectivity index (χ2n) is 7.97. The maximum atomic E-state index is 12.4. The second kappa shape index (κ2) is 7.34. The van der Waals surface area contributed by atoms with Crippen LogP contribution in [0.15, 0.2) is 17.0 Å². The zero-order chi connectivity index (χ0) is 18.9. The molecule has 8 heteroatoms. The van der Waals surface area contributed by atoms with Gasteiger partial charge in [-0.2, -0.15) is 0 Å². The molecule has 0 N–H and O–H groups in total. The fraction of sp³-hybridized carbons (Fsp3) is 0.632. The predicted molar refractivity (Wildman–Crippen MR) is 97.4 cm³/mol. The Morgan fingerprint density at radius 3 is 2.56 bits per heavy atom. The van der Waals surface area contributed by atoms with Crippen LogP contribution in [0, 0.1) is 19.3 Å². The predicted octanol–water partition coefficient (Wildman–Crippen LogP) is 1.88. The molecular formula is C19H26N6O2. The lowest BCUT2D eigenvalue weighted by atomic mass is 9.72. The molecule has 2 aromatic rings. The van der Waals surface area contributed by atoms with E-state index in [1.807, 2.05) is 18.7 Å². The van der Waals surface area contributed by atoms with Crippen LogP contribution in [-0.2, 0) is 17.9 Å². The lowest BCUT2D eigenvalue weighted by Gasteiger charge is -2.47. The summed E-state index contributed by atoms with van der Waals surface area (Å²) in [5, 5.41) is 7.86. The van der Waals surface area contributed by atoms with E-state index in [-0.39, 0.29) is 11.3 Å². The van der Waals surface area contributed by atoms with E-state index in [2.05, 4.69) is 25.2 Å². The first-order valence-corrected chi connectivity index (χ1v) is 9.59. The van der Waals surface area contributed by atoms with Crippen molar-refractivity contribution < 1.29 is 9.42 Å². The van der Waals surface area contributed by atoms with Gasteiger partial charge in [-0.1, -0.05) is 10.3 Å². The summed E-state index contributed by atoms with van der Waals surface area (Å²) in [6.07, 6.45) is 7.35. The van der Waals surface area contributed by atoms with Gasteiger partial charge in [-0.25, -0.2) is 4.63 Å². The molecule has 0 saturated carbocycles. The van der Waals surface area contributed by atoms with E-state index in [0.29, 0.717) is 13.0 Å². The monoisotopic (exact) mass is 370 g/mol. The number of carbonyl (C=O) groups is 1. The number of likely N-dealkylation sites (tertiary alicyclic amines) is 2. The molecule has 2 aliphatic rings. The van der Waals surface area contributed by atoms with Gasteiger partial charge in [-0.05, 0) is 51.6 Å². The molecule has 2 aromatic heterocycles. The molecule has 0 aromatic carbocycles. The van der Waals surface area contributed by atoms with Crippen LogP contribution in [0.2, 0.25) is 0 Å². The summed E-state index contributed by atoms with van der Waals surface area (Å²) in [5.41, 5.74) is 3.76. The Labute approximate surface area is 158 Å². The van der Waals surface area contributed by atoms with Gasteiger partial charge in [0.25, 0.3) is 0 Å². The number of aromatic nitrogens is 4. The smallest absolute Gasteiger partial charge is 0.222 e. The third-order valence-corrected chi connectivity index (χ3v) is 5.97. The van der Waals surface area contributed by atoms with E-state index in [1.165, 1.54) is 0 Å². The third kappa shape index (κ3) is 4.00. The summed E-state index contributed by atoms with van der Waals surface area (Å²) in [7, 11) is 0. The van der Waals surface area contributed by atoms with Crippen LogP contribution in [0.4, 0.5) is 0 Å². The average Bonchev–Trinajstić information content (AvgIpc) is 3.07. The van der Waals surface area contributed by atoms with Gasteiger partial charge in [0.1, 0.15) is 11.4 Å². The zero-order valence-corrected chi connectivity index (χ0v) is 16.0. The van der Waals surface area contributed by atoms with Gasteiger partial charge in [-0.15, -0.1) is 0 Å². The summed E-state index contributed by atoms with van der Waals surface area (Å²) in [6.45, 7) is 8.03. The highest BCUT2D eigenvalue weighted by Crippen LogP contribution is 2.40. The van der Waals surface area contributed by atoms with Crippen LogP contribution in [-0.4, -0.2) is 55.6 Å². The van der Waals surface area contributed by atoms with Crippen molar-refractivity contribution in [2.75, 3.05) is 19.6 Å². The van der Waals surface area contributed by atoms with Crippen LogP contribution in [0.5, 0.6) is 0 Å². The topological polar surface area (TPSA) is 88.3 Å². The van der Waals surface area contributed by atoms with E-state index in [9.17, 15) is 4.79 Å². The van der Waals surface area contributed by atoms with Crippen molar-refractivity contribution in [1.29, 1.82) is 0 Å². The molecule has 0 atom stereocenters. The Morgan fingerprint density at radius 1 is 1.07 bits per heavy atom. The Morgan fingerprint density at radius 2 is 1.89 bits per heavy atom. The molecule has 0 aliphatic carbocycles. The van der Waals surface area contributed by atoms with Crippen molar-refractivity contribution in [1.82, 2.24) is 30.1 Å². The Hall–Kier alpha value is -2.35. The minimum absolute atomic E-state index is 0.222. The number of aryl methyl sites for hydroxylation is 2. The fourth-order valence-electron chi connectivity index (χ4n) is 4.14. The van der Waals surface area contributed by atoms with Gasteiger partial charge in [0.05, 0.1) is 24.1 Å². The van der Waals surface area contributed by atoms with Gasteiger partial charge in [0.15, 0.2) is 0 Å². The van der Waals surface area contributed by atoms with Gasteiger partial charge >= 0.3 is 0 Å². The lowest BCUT2D eigenvalue weighted by molar-refractivity contribution is -0.140. The Kier molecular flexibility index (Phi) is 4.90. The van der Waals surface area contributed by atoms with E-state index < -0.39 is 0 Å². The van der Waals surface area contributed by atoms with Crippen LogP contribution < -0.4 is 0 Å². The maximum Gasteiger partial charge on any atom is 0.222 e. The molecular weight excluding hydrogens is 344 g/mol. The molecule has 4 rings (SSSR count). The summed E-state index contributed by atoms with van der Waals surface area (Å²) < 4.78 is 4.80. The first-order valence-electron chi connectivity index (χ1n) is 9.59. The number of amides is 1. The molecule has 2 fully saturated rings. The standard InChI is InChI=1S/C19H26N6O2/c1-14-9-21-16(10-20-14)11-25-13-19(4-3-18(25)26)5-7-24(8-6-19)12-17-15(2)22-27-23-17/h9-10H,3-8,11-13H2,1-2H3. The number of rotatable bonds is 4. The lowest BCUT2D eigenvalue weighted by Crippen LogP contribution is -2.51. The van der Waals surface area contributed by atoms with Crippen molar-refractivity contribution in [2.24, 2.45) is 5.41 Å². The van der Waals surface area contributed by atoms with Crippen molar-refractivity contribution in [2.45, 2.75) is 52.6 Å². The molecule has 4 heterocycles. The zero-order valence-electron chi connectivity index (χ0n) is 16.0. The summed E-state index contributed by atoms with van der Waals surface area (Å²) >= 11 is 0. The SMILES string of the molecule is Cc1cnc(CN2CC3(CCC2=O)CCN(Cc2nonc2C)CC3)cn1. The molecule has 144 valence electrons. The van der Waals surface area contributed by atoms with Gasteiger partial charge in [-0.3, -0.25) is 19.7 Å². The quantitative estimate of drug-likeness (QED) is 0.812. The highest BCUT2D eigenvalue weighted by molar-refractivity contribution is 5.77. The molecule has 1 amide bonds. The Bertz CT molecular complexity index is 795. The number of nitrogens with zero attached hydrogens (tertiary/aromatic N) is 6. The van der Waals surface area contributed by atoms with Crippen molar-refractivity contribution in [3.8, 4) is 0 Å². The normalized spacial score (nSPS) is 20.4. The minimum atomic E-state index is 0.222. The van der Waals surface area contributed by atoms with E-state index in [0.717, 1.165) is 68.2 Å². The largest absolute Gasteiger partial charge is 0.336 e. The molecule has 0 unspecified atom stereocenters. The molecule has 0 bridgehead atoms. The summed E-state index contributed by atoms with van der Waals surface area (Å²) in [5.74, 6) is 0.231. The van der Waals surface area contributed by atoms with E-state index in [4.69, 9.17) is 4.63 Å². The van der Waals surface area contributed by atoms with Crippen LogP contribution in [0.1, 0.15) is 48.5 Å². The average molecular weight is 370 g/mol. The highest BCUT2D eigenvalue weighted by Gasteiger charge is 2.41. The first kappa shape index (κ1) is 18.0. The number of carbonyl (C=O) groups excluding carboxylic acids is 1. The molecule has 8 nitrogen and oxygen atoms in total.